The highest BCUT2D eigenvalue weighted by Crippen LogP contribution is 2.23. The second-order valence-corrected chi connectivity index (χ2v) is 5.12. The van der Waals surface area contributed by atoms with Crippen molar-refractivity contribution in [1.82, 2.24) is 5.32 Å². The van der Waals surface area contributed by atoms with Crippen LogP contribution in [0.25, 0.3) is 0 Å². The Kier molecular flexibility index (Phi) is 5.82. The van der Waals surface area contributed by atoms with Crippen molar-refractivity contribution in [2.75, 3.05) is 5.32 Å². The molecule has 0 unspecified atom stereocenters. The van der Waals surface area contributed by atoms with Crippen LogP contribution in [0.2, 0.25) is 0 Å². The number of amides is 2. The number of benzene rings is 1. The molecule has 0 spiro atoms. The molecule has 19 heavy (non-hydrogen) atoms. The van der Waals surface area contributed by atoms with Crippen LogP contribution in [0.5, 0.6) is 0 Å². The Hall–Kier alpha value is -1.56. The van der Waals surface area contributed by atoms with Crippen LogP contribution in [0.1, 0.15) is 25.3 Å². The van der Waals surface area contributed by atoms with Gasteiger partial charge < -0.3 is 15.7 Å². The van der Waals surface area contributed by atoms with Gasteiger partial charge in [0.2, 0.25) is 0 Å². The van der Waals surface area contributed by atoms with Gasteiger partial charge in [0.15, 0.2) is 0 Å². The molecule has 0 aliphatic carbocycles. The Bertz CT molecular complexity index is 477. The van der Waals surface area contributed by atoms with Gasteiger partial charge in [0.05, 0.1) is 5.69 Å². The molecule has 1 rings (SSSR count). The van der Waals surface area contributed by atoms with Gasteiger partial charge in [-0.05, 0) is 47.0 Å². The summed E-state index contributed by atoms with van der Waals surface area (Å²) in [5.74, 6) is -1.03. The number of nitrogens with one attached hydrogen (secondary N) is 2. The number of urea groups is 1. The molecule has 0 bridgehead atoms. The van der Waals surface area contributed by atoms with E-state index < -0.39 is 18.0 Å². The van der Waals surface area contributed by atoms with Gasteiger partial charge >= 0.3 is 12.0 Å². The summed E-state index contributed by atoms with van der Waals surface area (Å²) in [5, 5.41) is 14.0. The van der Waals surface area contributed by atoms with Crippen LogP contribution in [0.15, 0.2) is 22.7 Å². The van der Waals surface area contributed by atoms with E-state index in [1.165, 1.54) is 0 Å². The Morgan fingerprint density at radius 1 is 1.42 bits per heavy atom. The van der Waals surface area contributed by atoms with E-state index in [-0.39, 0.29) is 0 Å². The molecule has 0 saturated heterocycles. The van der Waals surface area contributed by atoms with Gasteiger partial charge in [-0.3, -0.25) is 0 Å². The van der Waals surface area contributed by atoms with Crippen molar-refractivity contribution in [1.29, 1.82) is 0 Å². The van der Waals surface area contributed by atoms with Crippen LogP contribution < -0.4 is 10.6 Å². The van der Waals surface area contributed by atoms with Gasteiger partial charge in [-0.2, -0.15) is 0 Å². The van der Waals surface area contributed by atoms with Gasteiger partial charge in [-0.1, -0.05) is 19.4 Å². The van der Waals surface area contributed by atoms with Crippen LogP contribution in [-0.4, -0.2) is 23.1 Å². The highest BCUT2D eigenvalue weighted by Gasteiger charge is 2.18. The van der Waals surface area contributed by atoms with E-state index in [1.807, 2.05) is 26.0 Å². The third kappa shape index (κ3) is 4.90. The van der Waals surface area contributed by atoms with Crippen LogP contribution in [-0.2, 0) is 4.79 Å². The molecular formula is C13H17BrN2O3. The predicted octanol–water partition coefficient (Wildman–Crippen LogP) is 3.13. The summed E-state index contributed by atoms with van der Waals surface area (Å²) in [6.45, 7) is 3.81. The predicted molar refractivity (Wildman–Crippen MR) is 77.4 cm³/mol. The highest BCUT2D eigenvalue weighted by molar-refractivity contribution is 9.10. The summed E-state index contributed by atoms with van der Waals surface area (Å²) in [5.41, 5.74) is 1.66. The van der Waals surface area contributed by atoms with Crippen LogP contribution in [0.3, 0.4) is 0 Å². The van der Waals surface area contributed by atoms with Gasteiger partial charge in [-0.15, -0.1) is 0 Å². The maximum absolute atomic E-state index is 11.7. The standard InChI is InChI=1S/C13H17BrN2O3/c1-3-4-11(12(17)18)16-13(19)15-10-6-5-8(2)7-9(10)14/h5-7,11H,3-4H2,1-2H3,(H,17,18)(H2,15,16,19)/t11-/m0/s1. The minimum Gasteiger partial charge on any atom is -0.480 e. The lowest BCUT2D eigenvalue weighted by Gasteiger charge is -2.15. The van der Waals surface area contributed by atoms with E-state index in [9.17, 15) is 9.59 Å². The van der Waals surface area contributed by atoms with Crippen LogP contribution in [0, 0.1) is 6.92 Å². The maximum Gasteiger partial charge on any atom is 0.326 e. The Balaban J connectivity index is 2.66. The zero-order chi connectivity index (χ0) is 14.4. The molecule has 104 valence electrons. The molecule has 1 atom stereocenters. The van der Waals surface area contributed by atoms with E-state index in [0.29, 0.717) is 18.5 Å². The third-order valence-electron chi connectivity index (χ3n) is 2.55. The largest absolute Gasteiger partial charge is 0.480 e. The van der Waals surface area contributed by atoms with Crippen molar-refractivity contribution < 1.29 is 14.7 Å². The van der Waals surface area contributed by atoms with Gasteiger partial charge in [0, 0.05) is 4.47 Å². The van der Waals surface area contributed by atoms with E-state index in [2.05, 4.69) is 26.6 Å². The van der Waals surface area contributed by atoms with Gasteiger partial charge in [-0.25, -0.2) is 9.59 Å². The van der Waals surface area contributed by atoms with E-state index >= 15 is 0 Å². The number of carbonyl (C=O) groups excluding carboxylic acids is 1. The molecule has 0 radical (unpaired) electrons. The minimum atomic E-state index is -1.03. The SMILES string of the molecule is CCC[C@H](NC(=O)Nc1ccc(C)cc1Br)C(=O)O. The fourth-order valence-electron chi connectivity index (χ4n) is 1.58. The first-order chi connectivity index (χ1) is 8.93. The number of carboxylic acid groups (broad SMARTS) is 1. The maximum atomic E-state index is 11.7. The molecule has 0 aliphatic rings. The molecule has 1 aromatic rings. The number of anilines is 1. The molecule has 5 nitrogen and oxygen atoms in total. The number of hydrogen-bond donors (Lipinski definition) is 3. The molecular weight excluding hydrogens is 312 g/mol. The topological polar surface area (TPSA) is 78.4 Å². The summed E-state index contributed by atoms with van der Waals surface area (Å²) in [4.78, 5) is 22.7. The van der Waals surface area contributed by atoms with Crippen molar-refractivity contribution in [2.45, 2.75) is 32.7 Å². The summed E-state index contributed by atoms with van der Waals surface area (Å²) >= 11 is 3.34. The fourth-order valence-corrected chi connectivity index (χ4v) is 2.18. The summed E-state index contributed by atoms with van der Waals surface area (Å²) in [7, 11) is 0. The van der Waals surface area contributed by atoms with Crippen molar-refractivity contribution in [3.8, 4) is 0 Å². The lowest BCUT2D eigenvalue weighted by molar-refractivity contribution is -0.139. The summed E-state index contributed by atoms with van der Waals surface area (Å²) < 4.78 is 0.755. The molecule has 0 aliphatic heterocycles. The molecule has 1 aromatic carbocycles. The number of carbonyl (C=O) groups is 2. The van der Waals surface area contributed by atoms with Gasteiger partial charge in [0.25, 0.3) is 0 Å². The van der Waals surface area contributed by atoms with Crippen LogP contribution >= 0.6 is 15.9 Å². The highest BCUT2D eigenvalue weighted by atomic mass is 79.9. The molecule has 0 aromatic heterocycles. The summed E-state index contributed by atoms with van der Waals surface area (Å²) in [6.07, 6.45) is 1.09. The molecule has 0 saturated carbocycles. The molecule has 2 amide bonds. The van der Waals surface area contributed by atoms with Crippen LogP contribution in [0.4, 0.5) is 10.5 Å². The van der Waals surface area contributed by atoms with E-state index in [0.717, 1.165) is 10.0 Å². The average Bonchev–Trinajstić information content (AvgIpc) is 2.32. The van der Waals surface area contributed by atoms with Gasteiger partial charge in [0.1, 0.15) is 6.04 Å². The molecule has 6 heteroatoms. The Morgan fingerprint density at radius 2 is 2.11 bits per heavy atom. The Labute approximate surface area is 120 Å². The van der Waals surface area contributed by atoms with Crippen molar-refractivity contribution in [3.63, 3.8) is 0 Å². The lowest BCUT2D eigenvalue weighted by atomic mass is 10.2. The molecule has 0 heterocycles. The monoisotopic (exact) mass is 328 g/mol. The third-order valence-corrected chi connectivity index (χ3v) is 3.21. The second-order valence-electron chi connectivity index (χ2n) is 4.26. The lowest BCUT2D eigenvalue weighted by Crippen LogP contribution is -2.42. The second kappa shape index (κ2) is 7.13. The Morgan fingerprint density at radius 3 is 2.63 bits per heavy atom. The average molecular weight is 329 g/mol. The fraction of sp³-hybridized carbons (Fsp3) is 0.385. The van der Waals surface area contributed by atoms with Crippen molar-refractivity contribution in [3.05, 3.63) is 28.2 Å². The number of hydrogen-bond acceptors (Lipinski definition) is 2. The number of carboxylic acids is 1. The molecule has 0 fully saturated rings. The number of halogens is 1. The number of aliphatic carboxylic acids is 1. The first-order valence-electron chi connectivity index (χ1n) is 6.00. The normalized spacial score (nSPS) is 11.7. The van der Waals surface area contributed by atoms with E-state index in [4.69, 9.17) is 5.11 Å². The first kappa shape index (κ1) is 15.5. The quantitative estimate of drug-likeness (QED) is 0.776. The van der Waals surface area contributed by atoms with Crippen molar-refractivity contribution >= 4 is 33.6 Å². The van der Waals surface area contributed by atoms with Crippen molar-refractivity contribution in [2.24, 2.45) is 0 Å². The number of aryl methyl sites for hydroxylation is 1. The number of rotatable bonds is 5. The minimum absolute atomic E-state index is 0.401. The molecule has 3 N–H and O–H groups in total. The zero-order valence-corrected chi connectivity index (χ0v) is 12.5. The summed E-state index contributed by atoms with van der Waals surface area (Å²) in [6, 6.07) is 4.10. The van der Waals surface area contributed by atoms with E-state index in [1.54, 1.807) is 6.07 Å². The zero-order valence-electron chi connectivity index (χ0n) is 10.9. The first-order valence-corrected chi connectivity index (χ1v) is 6.79. The smallest absolute Gasteiger partial charge is 0.326 e.